The second-order valence-corrected chi connectivity index (χ2v) is 4.95. The van der Waals surface area contributed by atoms with Gasteiger partial charge in [0.2, 0.25) is 0 Å². The molecule has 19 heavy (non-hydrogen) atoms. The van der Waals surface area contributed by atoms with Crippen LogP contribution in [0.2, 0.25) is 0 Å². The summed E-state index contributed by atoms with van der Waals surface area (Å²) in [5, 5.41) is 11.8. The van der Waals surface area contributed by atoms with E-state index >= 15 is 0 Å². The Morgan fingerprint density at radius 2 is 2.05 bits per heavy atom. The van der Waals surface area contributed by atoms with Gasteiger partial charge in [0.05, 0.1) is 15.7 Å². The number of ketones is 1. The lowest BCUT2D eigenvalue weighted by atomic mass is 10.2. The van der Waals surface area contributed by atoms with Gasteiger partial charge in [-0.1, -0.05) is 12.1 Å². The Balaban J connectivity index is 2.40. The van der Waals surface area contributed by atoms with E-state index in [4.69, 9.17) is 0 Å². The Hall–Kier alpha value is -2.08. The molecule has 0 atom stereocenters. The third-order valence-corrected chi connectivity index (χ3v) is 3.65. The second kappa shape index (κ2) is 5.71. The normalized spacial score (nSPS) is 10.4. The first kappa shape index (κ1) is 13.4. The molecule has 6 heteroatoms. The molecule has 98 valence electrons. The van der Waals surface area contributed by atoms with Crippen molar-refractivity contribution in [2.75, 3.05) is 5.75 Å². The van der Waals surface area contributed by atoms with E-state index in [1.54, 1.807) is 35.0 Å². The summed E-state index contributed by atoms with van der Waals surface area (Å²) in [7, 11) is 0. The highest BCUT2D eigenvalue weighted by molar-refractivity contribution is 7.99. The number of hydrogen-bond acceptors (Lipinski definition) is 4. The van der Waals surface area contributed by atoms with Crippen molar-refractivity contribution in [1.29, 1.82) is 0 Å². The number of nitrogens with zero attached hydrogens (tertiary/aromatic N) is 2. The molecular weight excluding hydrogens is 264 g/mol. The Labute approximate surface area is 114 Å². The average Bonchev–Trinajstić information content (AvgIpc) is 2.84. The summed E-state index contributed by atoms with van der Waals surface area (Å²) in [6, 6.07) is 10.2. The summed E-state index contributed by atoms with van der Waals surface area (Å²) >= 11 is 1.37. The molecule has 0 aliphatic carbocycles. The van der Waals surface area contributed by atoms with Crippen LogP contribution in [-0.4, -0.2) is 21.0 Å². The van der Waals surface area contributed by atoms with E-state index in [0.717, 1.165) is 5.03 Å². The van der Waals surface area contributed by atoms with E-state index in [1.807, 2.05) is 6.07 Å². The summed E-state index contributed by atoms with van der Waals surface area (Å²) in [6.07, 6.45) is 1.75. The molecule has 0 N–H and O–H groups in total. The van der Waals surface area contributed by atoms with Gasteiger partial charge < -0.3 is 4.57 Å². The fraction of sp³-hybridized carbons (Fsp3) is 0.154. The van der Waals surface area contributed by atoms with Crippen molar-refractivity contribution >= 4 is 23.2 Å². The van der Waals surface area contributed by atoms with Crippen LogP contribution >= 0.6 is 11.8 Å². The van der Waals surface area contributed by atoms with Crippen molar-refractivity contribution in [3.05, 3.63) is 52.7 Å². The predicted molar refractivity (Wildman–Crippen MR) is 73.8 cm³/mol. The number of thioether (sulfide) groups is 1. The minimum Gasteiger partial charge on any atom is -0.306 e. The van der Waals surface area contributed by atoms with Crippen LogP contribution in [0.1, 0.15) is 6.92 Å². The summed E-state index contributed by atoms with van der Waals surface area (Å²) < 4.78 is 1.73. The number of rotatable bonds is 5. The van der Waals surface area contributed by atoms with Crippen LogP contribution in [0.4, 0.5) is 5.69 Å². The van der Waals surface area contributed by atoms with Crippen LogP contribution in [0, 0.1) is 10.1 Å². The molecule has 0 unspecified atom stereocenters. The molecule has 1 heterocycles. The fourth-order valence-corrected chi connectivity index (χ4v) is 2.50. The van der Waals surface area contributed by atoms with E-state index < -0.39 is 4.92 Å². The number of Topliss-reactive ketones (excluding diaryl/α,β-unsaturated/α-hetero) is 1. The van der Waals surface area contributed by atoms with Crippen molar-refractivity contribution < 1.29 is 9.72 Å². The average molecular weight is 276 g/mol. The molecule has 2 aromatic rings. The Bertz CT molecular complexity index is 622. The first-order valence-electron chi connectivity index (χ1n) is 5.63. The molecule has 0 fully saturated rings. The van der Waals surface area contributed by atoms with E-state index in [1.165, 1.54) is 24.8 Å². The number of aromatic nitrogens is 1. The van der Waals surface area contributed by atoms with Gasteiger partial charge in [-0.2, -0.15) is 0 Å². The van der Waals surface area contributed by atoms with Crippen LogP contribution in [0.25, 0.3) is 5.69 Å². The fourth-order valence-electron chi connectivity index (χ4n) is 1.68. The SMILES string of the molecule is CC(=O)CSc1cccn1-c1ccccc1[N+](=O)[O-]. The van der Waals surface area contributed by atoms with Gasteiger partial charge >= 0.3 is 0 Å². The van der Waals surface area contributed by atoms with Crippen LogP contribution in [-0.2, 0) is 4.79 Å². The van der Waals surface area contributed by atoms with Gasteiger partial charge in [-0.15, -0.1) is 11.8 Å². The number of carbonyl (C=O) groups excluding carboxylic acids is 1. The minimum absolute atomic E-state index is 0.0448. The predicted octanol–water partition coefficient (Wildman–Crippen LogP) is 3.07. The van der Waals surface area contributed by atoms with Gasteiger partial charge in [0, 0.05) is 12.3 Å². The maximum atomic E-state index is 11.0. The standard InChI is InChI=1S/C13H12N2O3S/c1-10(16)9-19-13-7-4-8-14(13)11-5-2-3-6-12(11)15(17)18/h2-8H,9H2,1H3. The molecule has 0 bridgehead atoms. The van der Waals surface area contributed by atoms with Crippen molar-refractivity contribution in [2.45, 2.75) is 11.9 Å². The van der Waals surface area contributed by atoms with E-state index in [2.05, 4.69) is 0 Å². The zero-order valence-corrected chi connectivity index (χ0v) is 11.1. The third-order valence-electron chi connectivity index (χ3n) is 2.47. The zero-order valence-electron chi connectivity index (χ0n) is 10.3. The quantitative estimate of drug-likeness (QED) is 0.478. The topological polar surface area (TPSA) is 65.1 Å². The summed E-state index contributed by atoms with van der Waals surface area (Å²) in [6.45, 7) is 1.52. The van der Waals surface area contributed by atoms with Crippen LogP contribution in [0.3, 0.4) is 0 Å². The number of para-hydroxylation sites is 2. The van der Waals surface area contributed by atoms with Crippen molar-refractivity contribution in [3.8, 4) is 5.69 Å². The Kier molecular flexibility index (Phi) is 4.01. The molecule has 1 aromatic heterocycles. The Morgan fingerprint density at radius 3 is 2.74 bits per heavy atom. The highest BCUT2D eigenvalue weighted by atomic mass is 32.2. The highest BCUT2D eigenvalue weighted by Crippen LogP contribution is 2.28. The highest BCUT2D eigenvalue weighted by Gasteiger charge is 2.16. The number of hydrogen-bond donors (Lipinski definition) is 0. The number of benzene rings is 1. The summed E-state index contributed by atoms with van der Waals surface area (Å²) in [5.74, 6) is 0.422. The third kappa shape index (κ3) is 3.03. The molecule has 0 radical (unpaired) electrons. The lowest BCUT2D eigenvalue weighted by Gasteiger charge is -2.08. The monoisotopic (exact) mass is 276 g/mol. The molecule has 0 amide bonds. The van der Waals surface area contributed by atoms with E-state index in [0.29, 0.717) is 11.4 Å². The van der Waals surface area contributed by atoms with Crippen molar-refractivity contribution in [1.82, 2.24) is 4.57 Å². The smallest absolute Gasteiger partial charge is 0.293 e. The van der Waals surface area contributed by atoms with Crippen molar-refractivity contribution in [3.63, 3.8) is 0 Å². The molecule has 5 nitrogen and oxygen atoms in total. The van der Waals surface area contributed by atoms with Crippen LogP contribution < -0.4 is 0 Å². The van der Waals surface area contributed by atoms with E-state index in [9.17, 15) is 14.9 Å². The Morgan fingerprint density at radius 1 is 1.32 bits per heavy atom. The number of carbonyl (C=O) groups is 1. The van der Waals surface area contributed by atoms with Gasteiger partial charge in [-0.05, 0) is 25.1 Å². The summed E-state index contributed by atoms with van der Waals surface area (Å²) in [4.78, 5) is 21.6. The lowest BCUT2D eigenvalue weighted by Crippen LogP contribution is -2.01. The molecule has 0 saturated carbocycles. The zero-order chi connectivity index (χ0) is 13.8. The number of nitro groups is 1. The molecule has 0 spiro atoms. The van der Waals surface area contributed by atoms with Gasteiger partial charge in [-0.3, -0.25) is 14.9 Å². The van der Waals surface area contributed by atoms with Crippen LogP contribution in [0.5, 0.6) is 0 Å². The molecule has 0 saturated heterocycles. The lowest BCUT2D eigenvalue weighted by molar-refractivity contribution is -0.384. The van der Waals surface area contributed by atoms with Crippen molar-refractivity contribution in [2.24, 2.45) is 0 Å². The maximum Gasteiger partial charge on any atom is 0.293 e. The first-order chi connectivity index (χ1) is 9.09. The largest absolute Gasteiger partial charge is 0.306 e. The van der Waals surface area contributed by atoms with Gasteiger partial charge in [0.25, 0.3) is 5.69 Å². The summed E-state index contributed by atoms with van der Waals surface area (Å²) in [5.41, 5.74) is 0.548. The van der Waals surface area contributed by atoms with Gasteiger partial charge in [0.15, 0.2) is 0 Å². The maximum absolute atomic E-state index is 11.0. The minimum atomic E-state index is -0.408. The first-order valence-corrected chi connectivity index (χ1v) is 6.61. The molecule has 1 aromatic carbocycles. The second-order valence-electron chi connectivity index (χ2n) is 3.95. The molecule has 0 aliphatic rings. The molecular formula is C13H12N2O3S. The van der Waals surface area contributed by atoms with Crippen LogP contribution in [0.15, 0.2) is 47.6 Å². The van der Waals surface area contributed by atoms with Gasteiger partial charge in [-0.25, -0.2) is 0 Å². The molecule has 0 aliphatic heterocycles. The van der Waals surface area contributed by atoms with Gasteiger partial charge in [0.1, 0.15) is 11.5 Å². The molecule has 2 rings (SSSR count). The van der Waals surface area contributed by atoms with E-state index in [-0.39, 0.29) is 11.5 Å². The number of nitro benzene ring substituents is 1.